The summed E-state index contributed by atoms with van der Waals surface area (Å²) in [5.74, 6) is 0. The van der Waals surface area contributed by atoms with Crippen LogP contribution in [0.1, 0.15) is 38.1 Å². The monoisotopic (exact) mass is 208 g/mol. The third-order valence-electron chi connectivity index (χ3n) is 2.23. The minimum Gasteiger partial charge on any atom is -0.387 e. The predicted octanol–water partition coefficient (Wildman–Crippen LogP) is 1.81. The van der Waals surface area contributed by atoms with Gasteiger partial charge in [0.15, 0.2) is 0 Å². The van der Waals surface area contributed by atoms with E-state index in [1.807, 2.05) is 19.1 Å². The topological polar surface area (TPSA) is 45.2 Å². The Balaban J connectivity index is 2.62. The summed E-state index contributed by atoms with van der Waals surface area (Å²) in [4.78, 5) is 4.16. The maximum absolute atomic E-state index is 9.96. The van der Waals surface area contributed by atoms with E-state index in [1.54, 1.807) is 6.20 Å². The zero-order chi connectivity index (χ0) is 11.5. The van der Waals surface area contributed by atoms with Crippen molar-refractivity contribution in [2.75, 3.05) is 6.54 Å². The van der Waals surface area contributed by atoms with E-state index >= 15 is 0 Å². The summed E-state index contributed by atoms with van der Waals surface area (Å²) in [6.45, 7) is 8.70. The SMILES string of the molecule is Cc1ncccc1[C@@H](O)CNC(C)(C)C. The summed E-state index contributed by atoms with van der Waals surface area (Å²) in [6, 6.07) is 3.76. The van der Waals surface area contributed by atoms with Crippen LogP contribution in [-0.4, -0.2) is 22.2 Å². The third kappa shape index (κ3) is 3.98. The highest BCUT2D eigenvalue weighted by atomic mass is 16.3. The van der Waals surface area contributed by atoms with Crippen LogP contribution in [0, 0.1) is 6.92 Å². The number of β-amino-alcohol motifs (C(OH)–C–C–N with tert-alkyl or cyclic N) is 1. The molecule has 0 saturated heterocycles. The summed E-state index contributed by atoms with van der Waals surface area (Å²) in [7, 11) is 0. The lowest BCUT2D eigenvalue weighted by Gasteiger charge is -2.23. The molecular formula is C12H20N2O. The average molecular weight is 208 g/mol. The van der Waals surface area contributed by atoms with Crippen LogP contribution in [0.4, 0.5) is 0 Å². The van der Waals surface area contributed by atoms with Crippen molar-refractivity contribution in [2.24, 2.45) is 0 Å². The number of hydrogen-bond donors (Lipinski definition) is 2. The third-order valence-corrected chi connectivity index (χ3v) is 2.23. The molecule has 0 radical (unpaired) electrons. The van der Waals surface area contributed by atoms with Crippen molar-refractivity contribution in [2.45, 2.75) is 39.3 Å². The van der Waals surface area contributed by atoms with E-state index in [1.165, 1.54) is 0 Å². The summed E-state index contributed by atoms with van der Waals surface area (Å²) >= 11 is 0. The molecule has 0 aliphatic heterocycles. The summed E-state index contributed by atoms with van der Waals surface area (Å²) in [6.07, 6.45) is 1.25. The second-order valence-electron chi connectivity index (χ2n) is 4.82. The van der Waals surface area contributed by atoms with Gasteiger partial charge in [-0.3, -0.25) is 4.98 Å². The van der Waals surface area contributed by atoms with Crippen molar-refractivity contribution in [3.05, 3.63) is 29.6 Å². The van der Waals surface area contributed by atoms with Crippen LogP contribution in [-0.2, 0) is 0 Å². The molecule has 2 N–H and O–H groups in total. The fourth-order valence-corrected chi connectivity index (χ4v) is 1.36. The van der Waals surface area contributed by atoms with Gasteiger partial charge in [0, 0.05) is 29.5 Å². The molecule has 0 aromatic carbocycles. The van der Waals surface area contributed by atoms with Gasteiger partial charge in [0.2, 0.25) is 0 Å². The van der Waals surface area contributed by atoms with Crippen LogP contribution in [0.3, 0.4) is 0 Å². The van der Waals surface area contributed by atoms with Gasteiger partial charge in [-0.05, 0) is 33.8 Å². The van der Waals surface area contributed by atoms with E-state index in [4.69, 9.17) is 0 Å². The first-order valence-electron chi connectivity index (χ1n) is 5.25. The lowest BCUT2D eigenvalue weighted by Crippen LogP contribution is -2.38. The van der Waals surface area contributed by atoms with Crippen molar-refractivity contribution in [1.82, 2.24) is 10.3 Å². The maximum atomic E-state index is 9.96. The Labute approximate surface area is 91.5 Å². The molecule has 3 nitrogen and oxygen atoms in total. The van der Waals surface area contributed by atoms with E-state index in [9.17, 15) is 5.11 Å². The zero-order valence-corrected chi connectivity index (χ0v) is 9.91. The Kier molecular flexibility index (Phi) is 3.83. The van der Waals surface area contributed by atoms with Crippen LogP contribution in [0.5, 0.6) is 0 Å². The standard InChI is InChI=1S/C12H20N2O/c1-9-10(6-5-7-13-9)11(15)8-14-12(2,3)4/h5-7,11,14-15H,8H2,1-4H3/t11-/m0/s1. The summed E-state index contributed by atoms with van der Waals surface area (Å²) in [5.41, 5.74) is 1.81. The highest BCUT2D eigenvalue weighted by Crippen LogP contribution is 2.15. The molecule has 0 unspecified atom stereocenters. The predicted molar refractivity (Wildman–Crippen MR) is 61.7 cm³/mol. The first-order chi connectivity index (χ1) is 6.90. The molecule has 3 heteroatoms. The number of aryl methyl sites for hydroxylation is 1. The van der Waals surface area contributed by atoms with Gasteiger partial charge in [-0.25, -0.2) is 0 Å². The van der Waals surface area contributed by atoms with Crippen LogP contribution < -0.4 is 5.32 Å². The highest BCUT2D eigenvalue weighted by Gasteiger charge is 2.14. The summed E-state index contributed by atoms with van der Waals surface area (Å²) in [5, 5.41) is 13.2. The molecule has 0 spiro atoms. The Morgan fingerprint density at radius 3 is 2.67 bits per heavy atom. The number of aliphatic hydroxyl groups excluding tert-OH is 1. The number of nitrogens with one attached hydrogen (secondary N) is 1. The molecule has 1 aromatic rings. The minimum absolute atomic E-state index is 0.0249. The van der Waals surface area contributed by atoms with E-state index in [-0.39, 0.29) is 5.54 Å². The van der Waals surface area contributed by atoms with Crippen LogP contribution >= 0.6 is 0 Å². The number of pyridine rings is 1. The van der Waals surface area contributed by atoms with Crippen molar-refractivity contribution >= 4 is 0 Å². The minimum atomic E-state index is -0.488. The molecule has 1 rings (SSSR count). The fraction of sp³-hybridized carbons (Fsp3) is 0.583. The Morgan fingerprint density at radius 2 is 2.13 bits per heavy atom. The van der Waals surface area contributed by atoms with Gasteiger partial charge < -0.3 is 10.4 Å². The largest absolute Gasteiger partial charge is 0.387 e. The maximum Gasteiger partial charge on any atom is 0.0932 e. The molecule has 1 atom stereocenters. The zero-order valence-electron chi connectivity index (χ0n) is 9.91. The quantitative estimate of drug-likeness (QED) is 0.796. The van der Waals surface area contributed by atoms with Crippen molar-refractivity contribution in [1.29, 1.82) is 0 Å². The lowest BCUT2D eigenvalue weighted by molar-refractivity contribution is 0.162. The summed E-state index contributed by atoms with van der Waals surface area (Å²) < 4.78 is 0. The number of hydrogen-bond acceptors (Lipinski definition) is 3. The van der Waals surface area contributed by atoms with Crippen molar-refractivity contribution in [3.8, 4) is 0 Å². The molecule has 1 aromatic heterocycles. The molecule has 15 heavy (non-hydrogen) atoms. The van der Waals surface area contributed by atoms with E-state index in [0.29, 0.717) is 6.54 Å². The lowest BCUT2D eigenvalue weighted by atomic mass is 10.1. The van der Waals surface area contributed by atoms with E-state index < -0.39 is 6.10 Å². The number of aliphatic hydroxyl groups is 1. The van der Waals surface area contributed by atoms with Gasteiger partial charge >= 0.3 is 0 Å². The average Bonchev–Trinajstić information content (AvgIpc) is 2.14. The first-order valence-corrected chi connectivity index (χ1v) is 5.25. The fourth-order valence-electron chi connectivity index (χ4n) is 1.36. The smallest absolute Gasteiger partial charge is 0.0932 e. The van der Waals surface area contributed by atoms with Crippen molar-refractivity contribution < 1.29 is 5.11 Å². The normalized spacial score (nSPS) is 13.9. The molecule has 0 fully saturated rings. The van der Waals surface area contributed by atoms with Crippen LogP contribution in [0.15, 0.2) is 18.3 Å². The van der Waals surface area contributed by atoms with Gasteiger partial charge in [0.1, 0.15) is 0 Å². The molecular weight excluding hydrogens is 188 g/mol. The number of rotatable bonds is 3. The van der Waals surface area contributed by atoms with Gasteiger partial charge in [0.05, 0.1) is 6.10 Å². The van der Waals surface area contributed by atoms with E-state index in [2.05, 4.69) is 31.1 Å². The Hall–Kier alpha value is -0.930. The van der Waals surface area contributed by atoms with Crippen LogP contribution in [0.25, 0.3) is 0 Å². The van der Waals surface area contributed by atoms with E-state index in [0.717, 1.165) is 11.3 Å². The molecule has 84 valence electrons. The first kappa shape index (κ1) is 12.1. The van der Waals surface area contributed by atoms with Crippen molar-refractivity contribution in [3.63, 3.8) is 0 Å². The molecule has 0 amide bonds. The Morgan fingerprint density at radius 1 is 1.47 bits per heavy atom. The van der Waals surface area contributed by atoms with Gasteiger partial charge in [-0.2, -0.15) is 0 Å². The number of aromatic nitrogens is 1. The molecule has 0 bridgehead atoms. The van der Waals surface area contributed by atoms with Gasteiger partial charge in [-0.1, -0.05) is 6.07 Å². The molecule has 0 saturated carbocycles. The molecule has 1 heterocycles. The molecule has 0 aliphatic rings. The van der Waals surface area contributed by atoms with Gasteiger partial charge in [-0.15, -0.1) is 0 Å². The van der Waals surface area contributed by atoms with Gasteiger partial charge in [0.25, 0.3) is 0 Å². The molecule has 0 aliphatic carbocycles. The number of nitrogens with zero attached hydrogens (tertiary/aromatic N) is 1. The van der Waals surface area contributed by atoms with Crippen LogP contribution in [0.2, 0.25) is 0 Å². The second-order valence-corrected chi connectivity index (χ2v) is 4.82. The highest BCUT2D eigenvalue weighted by molar-refractivity contribution is 5.21. The second kappa shape index (κ2) is 4.73. The Bertz CT molecular complexity index is 318.